The Hall–Kier alpha value is -1.46. The van der Waals surface area contributed by atoms with E-state index in [9.17, 15) is 26.7 Å². The molecule has 0 saturated heterocycles. The number of hydrogen-bond acceptors (Lipinski definition) is 1. The molecule has 0 N–H and O–H groups in total. The maximum atomic E-state index is 12.2. The monoisotopic (exact) mass is 238 g/mol. The second-order valence-electron chi connectivity index (χ2n) is 3.14. The SMILES string of the molecule is O=C(Cc1cccc(C(F)(F)F)c1)C(F)F. The fraction of sp³-hybridized carbons (Fsp3) is 0.300. The molecule has 0 aromatic heterocycles. The van der Waals surface area contributed by atoms with Gasteiger partial charge in [0, 0.05) is 6.42 Å². The molecule has 0 aliphatic rings. The van der Waals surface area contributed by atoms with Crippen molar-refractivity contribution in [2.45, 2.75) is 19.0 Å². The van der Waals surface area contributed by atoms with Crippen LogP contribution in [0.3, 0.4) is 0 Å². The number of Topliss-reactive ketones (excluding diaryl/α,β-unsaturated/α-hetero) is 1. The van der Waals surface area contributed by atoms with Crippen molar-refractivity contribution in [3.63, 3.8) is 0 Å². The first-order valence-electron chi connectivity index (χ1n) is 4.27. The maximum absolute atomic E-state index is 12.2. The van der Waals surface area contributed by atoms with E-state index in [1.807, 2.05) is 0 Å². The highest BCUT2D eigenvalue weighted by Gasteiger charge is 2.30. The zero-order chi connectivity index (χ0) is 12.3. The molecule has 0 heterocycles. The normalized spacial score (nSPS) is 11.9. The zero-order valence-corrected chi connectivity index (χ0v) is 7.89. The number of carbonyl (C=O) groups excluding carboxylic acids is 1. The Morgan fingerprint density at radius 3 is 2.38 bits per heavy atom. The van der Waals surface area contributed by atoms with E-state index in [0.717, 1.165) is 12.1 Å². The predicted octanol–water partition coefficient (Wildman–Crippen LogP) is 3.08. The Kier molecular flexibility index (Phi) is 3.62. The molecule has 0 amide bonds. The number of alkyl halides is 5. The van der Waals surface area contributed by atoms with E-state index in [1.165, 1.54) is 6.07 Å². The van der Waals surface area contributed by atoms with E-state index >= 15 is 0 Å². The lowest BCUT2D eigenvalue weighted by Crippen LogP contribution is -2.13. The number of carbonyl (C=O) groups is 1. The van der Waals surface area contributed by atoms with Crippen molar-refractivity contribution < 1.29 is 26.7 Å². The van der Waals surface area contributed by atoms with Crippen molar-refractivity contribution in [2.24, 2.45) is 0 Å². The highest BCUT2D eigenvalue weighted by Crippen LogP contribution is 2.29. The molecule has 88 valence electrons. The van der Waals surface area contributed by atoms with Crippen molar-refractivity contribution in [1.82, 2.24) is 0 Å². The van der Waals surface area contributed by atoms with E-state index in [-0.39, 0.29) is 5.56 Å². The number of halogens is 5. The first-order chi connectivity index (χ1) is 7.30. The quantitative estimate of drug-likeness (QED) is 0.739. The van der Waals surface area contributed by atoms with Crippen LogP contribution in [0.25, 0.3) is 0 Å². The molecule has 0 aliphatic heterocycles. The van der Waals surface area contributed by atoms with Gasteiger partial charge < -0.3 is 0 Å². The molecule has 0 saturated carbocycles. The summed E-state index contributed by atoms with van der Waals surface area (Å²) in [5.74, 6) is -1.39. The maximum Gasteiger partial charge on any atom is 0.416 e. The summed E-state index contributed by atoms with van der Waals surface area (Å²) in [5, 5.41) is 0. The number of hydrogen-bond donors (Lipinski definition) is 0. The summed E-state index contributed by atoms with van der Waals surface area (Å²) < 4.78 is 60.4. The van der Waals surface area contributed by atoms with Crippen LogP contribution < -0.4 is 0 Å². The van der Waals surface area contributed by atoms with Gasteiger partial charge in [0.15, 0.2) is 0 Å². The molecule has 0 atom stereocenters. The van der Waals surface area contributed by atoms with Crippen LogP contribution in [-0.4, -0.2) is 12.2 Å². The predicted molar refractivity (Wildman–Crippen MR) is 46.2 cm³/mol. The minimum atomic E-state index is -4.54. The van der Waals surface area contributed by atoms with Gasteiger partial charge in [-0.3, -0.25) is 4.79 Å². The Labute approximate surface area is 87.9 Å². The summed E-state index contributed by atoms with van der Waals surface area (Å²) in [4.78, 5) is 10.6. The Balaban J connectivity index is 2.88. The van der Waals surface area contributed by atoms with E-state index < -0.39 is 30.4 Å². The summed E-state index contributed by atoms with van der Waals surface area (Å²) in [6, 6.07) is 3.79. The summed E-state index contributed by atoms with van der Waals surface area (Å²) >= 11 is 0. The van der Waals surface area contributed by atoms with Crippen LogP contribution in [-0.2, 0) is 17.4 Å². The molecule has 1 nitrogen and oxygen atoms in total. The molecule has 0 aliphatic carbocycles. The van der Waals surface area contributed by atoms with Crippen LogP contribution >= 0.6 is 0 Å². The van der Waals surface area contributed by atoms with Crippen molar-refractivity contribution in [2.75, 3.05) is 0 Å². The van der Waals surface area contributed by atoms with Gasteiger partial charge in [0.25, 0.3) is 6.43 Å². The molecule has 1 aromatic rings. The summed E-state index contributed by atoms with van der Waals surface area (Å²) in [7, 11) is 0. The number of rotatable bonds is 3. The third-order valence-corrected chi connectivity index (χ3v) is 1.88. The van der Waals surface area contributed by atoms with Crippen LogP contribution in [0.15, 0.2) is 24.3 Å². The van der Waals surface area contributed by atoms with Gasteiger partial charge in [-0.25, -0.2) is 8.78 Å². The molecule has 0 fully saturated rings. The molecule has 0 bridgehead atoms. The number of benzene rings is 1. The molecule has 0 radical (unpaired) electrons. The Morgan fingerprint density at radius 2 is 1.88 bits per heavy atom. The van der Waals surface area contributed by atoms with Crippen LogP contribution in [0.4, 0.5) is 22.0 Å². The van der Waals surface area contributed by atoms with Crippen molar-refractivity contribution in [3.8, 4) is 0 Å². The van der Waals surface area contributed by atoms with Gasteiger partial charge in [0.2, 0.25) is 5.78 Å². The van der Waals surface area contributed by atoms with E-state index in [4.69, 9.17) is 0 Å². The van der Waals surface area contributed by atoms with Gasteiger partial charge in [-0.2, -0.15) is 13.2 Å². The molecule has 0 unspecified atom stereocenters. The second kappa shape index (κ2) is 4.59. The first-order valence-corrected chi connectivity index (χ1v) is 4.27. The number of ketones is 1. The second-order valence-corrected chi connectivity index (χ2v) is 3.14. The molecule has 0 spiro atoms. The lowest BCUT2D eigenvalue weighted by molar-refractivity contribution is -0.137. The Bertz CT molecular complexity index is 383. The average molecular weight is 238 g/mol. The highest BCUT2D eigenvalue weighted by molar-refractivity contribution is 5.83. The van der Waals surface area contributed by atoms with Crippen LogP contribution in [0.5, 0.6) is 0 Å². The van der Waals surface area contributed by atoms with Crippen molar-refractivity contribution >= 4 is 5.78 Å². The van der Waals surface area contributed by atoms with Crippen molar-refractivity contribution in [3.05, 3.63) is 35.4 Å². The van der Waals surface area contributed by atoms with Gasteiger partial charge >= 0.3 is 6.18 Å². The standard InChI is InChI=1S/C10H7F5O/c11-9(12)8(16)5-6-2-1-3-7(4-6)10(13,14)15/h1-4,9H,5H2. The van der Waals surface area contributed by atoms with Crippen LogP contribution in [0.2, 0.25) is 0 Å². The van der Waals surface area contributed by atoms with Gasteiger partial charge in [0.1, 0.15) is 0 Å². The first kappa shape index (κ1) is 12.6. The van der Waals surface area contributed by atoms with Gasteiger partial charge in [-0.05, 0) is 11.6 Å². The minimum Gasteiger partial charge on any atom is -0.293 e. The van der Waals surface area contributed by atoms with E-state index in [2.05, 4.69) is 0 Å². The largest absolute Gasteiger partial charge is 0.416 e. The average Bonchev–Trinajstić information content (AvgIpc) is 2.16. The van der Waals surface area contributed by atoms with E-state index in [0.29, 0.717) is 6.07 Å². The lowest BCUT2D eigenvalue weighted by Gasteiger charge is -2.08. The molecular formula is C10H7F5O. The Morgan fingerprint density at radius 1 is 1.25 bits per heavy atom. The minimum absolute atomic E-state index is 0.0693. The van der Waals surface area contributed by atoms with Crippen LogP contribution in [0, 0.1) is 0 Å². The molecule has 1 aromatic carbocycles. The van der Waals surface area contributed by atoms with Crippen molar-refractivity contribution in [1.29, 1.82) is 0 Å². The third-order valence-electron chi connectivity index (χ3n) is 1.88. The summed E-state index contributed by atoms with van der Waals surface area (Å²) in [6.45, 7) is 0. The van der Waals surface area contributed by atoms with Crippen LogP contribution in [0.1, 0.15) is 11.1 Å². The lowest BCUT2D eigenvalue weighted by atomic mass is 10.1. The fourth-order valence-corrected chi connectivity index (χ4v) is 1.14. The van der Waals surface area contributed by atoms with Gasteiger partial charge in [-0.15, -0.1) is 0 Å². The fourth-order valence-electron chi connectivity index (χ4n) is 1.14. The highest BCUT2D eigenvalue weighted by atomic mass is 19.4. The molecule has 1 rings (SSSR count). The summed E-state index contributed by atoms with van der Waals surface area (Å²) in [6.07, 6.45) is -8.39. The third kappa shape index (κ3) is 3.29. The van der Waals surface area contributed by atoms with Gasteiger partial charge in [-0.1, -0.05) is 18.2 Å². The smallest absolute Gasteiger partial charge is 0.293 e. The molecule has 16 heavy (non-hydrogen) atoms. The molecule has 6 heteroatoms. The molecular weight excluding hydrogens is 231 g/mol. The topological polar surface area (TPSA) is 17.1 Å². The van der Waals surface area contributed by atoms with E-state index in [1.54, 1.807) is 0 Å². The van der Waals surface area contributed by atoms with Gasteiger partial charge in [0.05, 0.1) is 5.56 Å². The summed E-state index contributed by atoms with van der Waals surface area (Å²) in [5.41, 5.74) is -1.02. The zero-order valence-electron chi connectivity index (χ0n) is 7.89.